The second-order valence-electron chi connectivity index (χ2n) is 6.12. The van der Waals surface area contributed by atoms with Gasteiger partial charge in [-0.2, -0.15) is 4.37 Å². The minimum absolute atomic E-state index is 0. The van der Waals surface area contributed by atoms with Gasteiger partial charge < -0.3 is 19.9 Å². The smallest absolute Gasteiger partial charge is 0.218 e. The fourth-order valence-corrected chi connectivity index (χ4v) is 3.76. The van der Waals surface area contributed by atoms with Gasteiger partial charge in [-0.05, 0) is 13.0 Å². The maximum absolute atomic E-state index is 5.60. The van der Waals surface area contributed by atoms with Gasteiger partial charge in [0.25, 0.3) is 0 Å². The van der Waals surface area contributed by atoms with Crippen molar-refractivity contribution in [1.29, 1.82) is 0 Å². The van der Waals surface area contributed by atoms with Gasteiger partial charge in [-0.3, -0.25) is 4.99 Å². The molecule has 0 bridgehead atoms. The zero-order valence-corrected chi connectivity index (χ0v) is 19.7. The Kier molecular flexibility index (Phi) is 9.16. The van der Waals surface area contributed by atoms with E-state index < -0.39 is 0 Å². The van der Waals surface area contributed by atoms with E-state index in [4.69, 9.17) is 4.74 Å². The summed E-state index contributed by atoms with van der Waals surface area (Å²) < 4.78 is 9.99. The van der Waals surface area contributed by atoms with E-state index in [1.807, 2.05) is 26.1 Å². The van der Waals surface area contributed by atoms with Crippen molar-refractivity contribution in [1.82, 2.24) is 24.6 Å². The van der Waals surface area contributed by atoms with E-state index in [1.165, 1.54) is 11.5 Å². The fraction of sp³-hybridized carbons (Fsp3) is 0.556. The summed E-state index contributed by atoms with van der Waals surface area (Å²) in [5.41, 5.74) is 1.03. The summed E-state index contributed by atoms with van der Waals surface area (Å²) in [6.45, 7) is 8.90. The molecule has 3 rings (SSSR count). The molecule has 8 nitrogen and oxygen atoms in total. The van der Waals surface area contributed by atoms with E-state index in [9.17, 15) is 0 Å². The third-order valence-electron chi connectivity index (χ3n) is 4.40. The Hall–Kier alpha value is -1.69. The van der Waals surface area contributed by atoms with Crippen LogP contribution in [0.4, 0.5) is 5.13 Å². The predicted molar refractivity (Wildman–Crippen MR) is 124 cm³/mol. The molecule has 1 aliphatic rings. The lowest BCUT2D eigenvalue weighted by Gasteiger charge is -2.36. The number of piperazine rings is 1. The highest BCUT2D eigenvalue weighted by atomic mass is 127. The second kappa shape index (κ2) is 11.3. The molecule has 10 heteroatoms. The molecular formula is C18H28IN7OS. The topological polar surface area (TPSA) is 78.8 Å². The lowest BCUT2D eigenvalue weighted by Crippen LogP contribution is -2.52. The highest BCUT2D eigenvalue weighted by molar-refractivity contribution is 14.0. The number of aliphatic imine (C=N–C) groups is 1. The van der Waals surface area contributed by atoms with Crippen LogP contribution in [0.3, 0.4) is 0 Å². The van der Waals surface area contributed by atoms with E-state index in [0.29, 0.717) is 19.0 Å². The van der Waals surface area contributed by atoms with Crippen LogP contribution < -0.4 is 15.0 Å². The van der Waals surface area contributed by atoms with Gasteiger partial charge in [-0.1, -0.05) is 13.0 Å². The van der Waals surface area contributed by atoms with Crippen LogP contribution in [0, 0.1) is 0 Å². The van der Waals surface area contributed by atoms with Crippen molar-refractivity contribution in [3.05, 3.63) is 29.7 Å². The molecule has 1 saturated heterocycles. The highest BCUT2D eigenvalue weighted by Gasteiger charge is 2.22. The number of hydrogen-bond acceptors (Lipinski definition) is 7. The van der Waals surface area contributed by atoms with Gasteiger partial charge in [0.15, 0.2) is 5.96 Å². The fourth-order valence-electron chi connectivity index (χ4n) is 2.96. The van der Waals surface area contributed by atoms with E-state index in [0.717, 1.165) is 55.1 Å². The van der Waals surface area contributed by atoms with Crippen LogP contribution >= 0.6 is 35.5 Å². The number of anilines is 1. The highest BCUT2D eigenvalue weighted by Crippen LogP contribution is 2.19. The van der Waals surface area contributed by atoms with Crippen molar-refractivity contribution in [2.45, 2.75) is 26.8 Å². The SMILES string of the molecule is CCOc1ncccc1CNC(=NC)N1CCN(c2nc(CC)ns2)CC1.I. The first-order valence-corrected chi connectivity index (χ1v) is 10.1. The zero-order valence-electron chi connectivity index (χ0n) is 16.6. The number of ether oxygens (including phenoxy) is 1. The zero-order chi connectivity index (χ0) is 19.1. The quantitative estimate of drug-likeness (QED) is 0.358. The van der Waals surface area contributed by atoms with Crippen molar-refractivity contribution in [3.63, 3.8) is 0 Å². The van der Waals surface area contributed by atoms with Crippen molar-refractivity contribution in [3.8, 4) is 5.88 Å². The number of aromatic nitrogens is 3. The Morgan fingerprint density at radius 3 is 2.71 bits per heavy atom. The molecule has 3 heterocycles. The van der Waals surface area contributed by atoms with Crippen LogP contribution in [-0.4, -0.2) is 65.0 Å². The average Bonchev–Trinajstić information content (AvgIpc) is 3.20. The maximum atomic E-state index is 5.60. The Balaban J connectivity index is 0.00000280. The molecule has 2 aromatic rings. The van der Waals surface area contributed by atoms with Gasteiger partial charge in [-0.25, -0.2) is 9.97 Å². The summed E-state index contributed by atoms with van der Waals surface area (Å²) in [4.78, 5) is 17.9. The lowest BCUT2D eigenvalue weighted by atomic mass is 10.2. The number of guanidine groups is 1. The molecule has 28 heavy (non-hydrogen) atoms. The third kappa shape index (κ3) is 5.66. The first kappa shape index (κ1) is 22.6. The van der Waals surface area contributed by atoms with E-state index >= 15 is 0 Å². The Morgan fingerprint density at radius 2 is 2.07 bits per heavy atom. The first-order valence-electron chi connectivity index (χ1n) is 9.35. The largest absolute Gasteiger partial charge is 0.478 e. The predicted octanol–water partition coefficient (Wildman–Crippen LogP) is 2.41. The molecule has 1 fully saturated rings. The number of nitrogens with zero attached hydrogens (tertiary/aromatic N) is 6. The number of rotatable bonds is 6. The molecule has 0 aliphatic carbocycles. The Bertz CT molecular complexity index is 762. The van der Waals surface area contributed by atoms with Crippen LogP contribution in [0.15, 0.2) is 23.3 Å². The van der Waals surface area contributed by atoms with Gasteiger partial charge in [0.2, 0.25) is 11.0 Å². The summed E-state index contributed by atoms with van der Waals surface area (Å²) in [5, 5.41) is 4.45. The molecule has 0 spiro atoms. The van der Waals surface area contributed by atoms with Crippen LogP contribution in [0.2, 0.25) is 0 Å². The molecule has 2 aromatic heterocycles. The molecule has 0 saturated carbocycles. The Morgan fingerprint density at radius 1 is 1.29 bits per heavy atom. The monoisotopic (exact) mass is 517 g/mol. The summed E-state index contributed by atoms with van der Waals surface area (Å²) in [6, 6.07) is 3.95. The van der Waals surface area contributed by atoms with Crippen LogP contribution in [0.25, 0.3) is 0 Å². The minimum atomic E-state index is 0. The van der Waals surface area contributed by atoms with Crippen molar-refractivity contribution < 1.29 is 4.74 Å². The van der Waals surface area contributed by atoms with Crippen LogP contribution in [-0.2, 0) is 13.0 Å². The van der Waals surface area contributed by atoms with E-state index in [-0.39, 0.29) is 24.0 Å². The third-order valence-corrected chi connectivity index (χ3v) is 5.22. The molecular weight excluding hydrogens is 489 g/mol. The number of aryl methyl sites for hydroxylation is 1. The summed E-state index contributed by atoms with van der Waals surface area (Å²) in [6.07, 6.45) is 2.63. The van der Waals surface area contributed by atoms with Gasteiger partial charge in [-0.15, -0.1) is 24.0 Å². The molecule has 1 N–H and O–H groups in total. The number of nitrogens with one attached hydrogen (secondary N) is 1. The number of pyridine rings is 1. The first-order chi connectivity index (χ1) is 13.2. The van der Waals surface area contributed by atoms with Gasteiger partial charge in [0.1, 0.15) is 5.82 Å². The standard InChI is InChI=1S/C18H27N7OS.HI/c1-4-15-22-18(27-23-15)25-11-9-24(10-12-25)17(19-3)21-13-14-7-6-8-20-16(14)26-5-2;/h6-8H,4-5,9-13H2,1-3H3,(H,19,21);1H. The summed E-state index contributed by atoms with van der Waals surface area (Å²) in [5.74, 6) is 2.50. The molecule has 154 valence electrons. The summed E-state index contributed by atoms with van der Waals surface area (Å²) in [7, 11) is 1.82. The second-order valence-corrected chi connectivity index (χ2v) is 6.85. The maximum Gasteiger partial charge on any atom is 0.218 e. The molecule has 0 aromatic carbocycles. The van der Waals surface area contributed by atoms with Crippen molar-refractivity contribution in [2.75, 3.05) is 44.7 Å². The number of hydrogen-bond donors (Lipinski definition) is 1. The Labute approximate surface area is 187 Å². The van der Waals surface area contributed by atoms with Gasteiger partial charge in [0, 0.05) is 69.5 Å². The number of halogens is 1. The molecule has 0 amide bonds. The van der Waals surface area contributed by atoms with E-state index in [1.54, 1.807) is 6.20 Å². The molecule has 0 unspecified atom stereocenters. The van der Waals surface area contributed by atoms with Crippen molar-refractivity contribution >= 4 is 46.6 Å². The summed E-state index contributed by atoms with van der Waals surface area (Å²) >= 11 is 1.49. The van der Waals surface area contributed by atoms with Crippen molar-refractivity contribution in [2.24, 2.45) is 4.99 Å². The minimum Gasteiger partial charge on any atom is -0.478 e. The normalized spacial score (nSPS) is 14.6. The van der Waals surface area contributed by atoms with Crippen LogP contribution in [0.5, 0.6) is 5.88 Å². The lowest BCUT2D eigenvalue weighted by molar-refractivity contribution is 0.322. The molecule has 0 atom stereocenters. The average molecular weight is 517 g/mol. The molecule has 0 radical (unpaired) electrons. The van der Waals surface area contributed by atoms with Gasteiger partial charge in [0.05, 0.1) is 6.61 Å². The molecule has 1 aliphatic heterocycles. The van der Waals surface area contributed by atoms with E-state index in [2.05, 4.69) is 41.4 Å². The van der Waals surface area contributed by atoms with Gasteiger partial charge >= 0.3 is 0 Å². The van der Waals surface area contributed by atoms with Crippen LogP contribution in [0.1, 0.15) is 25.2 Å².